The molecule has 0 radical (unpaired) electrons. The molecule has 0 aliphatic carbocycles. The maximum Gasteiger partial charge on any atom is 0.219 e. The van der Waals surface area contributed by atoms with Crippen LogP contribution >= 0.6 is 0 Å². The fourth-order valence-electron chi connectivity index (χ4n) is 1.18. The average molecular weight is 292 g/mol. The van der Waals surface area contributed by atoms with Crippen LogP contribution in [0.1, 0.15) is 6.42 Å². The molecule has 0 aromatic carbocycles. The second-order valence-electron chi connectivity index (χ2n) is 4.47. The molecule has 0 heterocycles. The van der Waals surface area contributed by atoms with Crippen LogP contribution in [0.3, 0.4) is 0 Å². The Balaban J connectivity index is 2.97. The number of nitrogens with two attached hydrogens (primary N) is 1. The molecule has 0 unspecified atom stereocenters. The van der Waals surface area contributed by atoms with E-state index < -0.39 is 0 Å². The first-order valence-corrected chi connectivity index (χ1v) is 6.87. The molecule has 120 valence electrons. The summed E-state index contributed by atoms with van der Waals surface area (Å²) in [5.41, 5.74) is 4.97. The van der Waals surface area contributed by atoms with Crippen LogP contribution in [0.4, 0.5) is 0 Å². The lowest BCUT2D eigenvalue weighted by molar-refractivity contribution is -0.119. The van der Waals surface area contributed by atoms with Gasteiger partial charge in [0.25, 0.3) is 0 Å². The summed E-state index contributed by atoms with van der Waals surface area (Å²) in [7, 11) is 4.02. The van der Waals surface area contributed by atoms with E-state index in [2.05, 4.69) is 4.90 Å². The van der Waals surface area contributed by atoms with Crippen LogP contribution in [0.2, 0.25) is 0 Å². The van der Waals surface area contributed by atoms with Gasteiger partial charge in [-0.05, 0) is 14.1 Å². The summed E-state index contributed by atoms with van der Waals surface area (Å²) in [6.07, 6.45) is 0.247. The molecule has 7 heteroatoms. The van der Waals surface area contributed by atoms with Gasteiger partial charge in [-0.15, -0.1) is 0 Å². The summed E-state index contributed by atoms with van der Waals surface area (Å²) in [6.45, 7) is 5.17. The van der Waals surface area contributed by atoms with Gasteiger partial charge in [-0.2, -0.15) is 0 Å². The van der Waals surface area contributed by atoms with Crippen LogP contribution in [0.5, 0.6) is 0 Å². The zero-order chi connectivity index (χ0) is 15.1. The smallest absolute Gasteiger partial charge is 0.219 e. The van der Waals surface area contributed by atoms with Gasteiger partial charge in [-0.3, -0.25) is 4.79 Å². The standard InChI is InChI=1S/C13H28N2O5/c1-15(2)4-6-18-8-10-20-12-11-19-9-7-17-5-3-13(14)16/h3-12H2,1-2H3,(H2,14,16). The van der Waals surface area contributed by atoms with Crippen molar-refractivity contribution in [3.63, 3.8) is 0 Å². The molecule has 0 aliphatic rings. The second-order valence-corrected chi connectivity index (χ2v) is 4.47. The van der Waals surface area contributed by atoms with Crippen molar-refractivity contribution in [2.75, 3.05) is 73.5 Å². The maximum atomic E-state index is 10.4. The normalized spacial score (nSPS) is 11.2. The van der Waals surface area contributed by atoms with Crippen molar-refractivity contribution in [1.29, 1.82) is 0 Å². The van der Waals surface area contributed by atoms with E-state index in [1.807, 2.05) is 14.1 Å². The number of carbonyl (C=O) groups excluding carboxylic acids is 1. The van der Waals surface area contributed by atoms with Gasteiger partial charge < -0.3 is 29.6 Å². The lowest BCUT2D eigenvalue weighted by atomic mass is 10.4. The summed E-state index contributed by atoms with van der Waals surface area (Å²) in [4.78, 5) is 12.5. The Morgan fingerprint density at radius 3 is 1.60 bits per heavy atom. The number of ether oxygens (including phenoxy) is 4. The van der Waals surface area contributed by atoms with E-state index in [4.69, 9.17) is 24.7 Å². The first kappa shape index (κ1) is 19.3. The van der Waals surface area contributed by atoms with Crippen molar-refractivity contribution in [1.82, 2.24) is 4.90 Å². The average Bonchev–Trinajstić information content (AvgIpc) is 2.38. The van der Waals surface area contributed by atoms with Crippen molar-refractivity contribution >= 4 is 5.91 Å². The summed E-state index contributed by atoms with van der Waals surface area (Å²) >= 11 is 0. The monoisotopic (exact) mass is 292 g/mol. The number of amides is 1. The largest absolute Gasteiger partial charge is 0.379 e. The number of hydrogen-bond acceptors (Lipinski definition) is 6. The first-order chi connectivity index (χ1) is 9.63. The second kappa shape index (κ2) is 14.7. The number of primary amides is 1. The molecule has 0 aromatic heterocycles. The molecule has 0 spiro atoms. The third-order valence-corrected chi connectivity index (χ3v) is 2.29. The van der Waals surface area contributed by atoms with Crippen molar-refractivity contribution in [2.24, 2.45) is 5.73 Å². The van der Waals surface area contributed by atoms with E-state index in [9.17, 15) is 4.79 Å². The first-order valence-electron chi connectivity index (χ1n) is 6.87. The maximum absolute atomic E-state index is 10.4. The molecule has 1 amide bonds. The fourth-order valence-corrected chi connectivity index (χ4v) is 1.18. The van der Waals surface area contributed by atoms with E-state index in [1.165, 1.54) is 0 Å². The van der Waals surface area contributed by atoms with Crippen LogP contribution in [0.25, 0.3) is 0 Å². The van der Waals surface area contributed by atoms with Gasteiger partial charge in [0.2, 0.25) is 5.91 Å². The van der Waals surface area contributed by atoms with Crippen LogP contribution < -0.4 is 5.73 Å². The number of carbonyl (C=O) groups is 1. The Hall–Kier alpha value is -0.730. The predicted octanol–water partition coefficient (Wildman–Crippen LogP) is -0.510. The summed E-state index contributed by atoms with van der Waals surface area (Å²) in [5, 5.41) is 0. The molecule has 0 saturated heterocycles. The number of rotatable bonds is 15. The quantitative estimate of drug-likeness (QED) is 0.409. The number of nitrogens with zero attached hydrogens (tertiary/aromatic N) is 1. The molecule has 2 N–H and O–H groups in total. The van der Waals surface area contributed by atoms with Gasteiger partial charge in [-0.25, -0.2) is 0 Å². The lowest BCUT2D eigenvalue weighted by Crippen LogP contribution is -2.19. The van der Waals surface area contributed by atoms with E-state index in [-0.39, 0.29) is 12.3 Å². The van der Waals surface area contributed by atoms with Crippen LogP contribution in [0, 0.1) is 0 Å². The lowest BCUT2D eigenvalue weighted by Gasteiger charge is -2.10. The van der Waals surface area contributed by atoms with Gasteiger partial charge in [0.05, 0.1) is 52.9 Å². The minimum Gasteiger partial charge on any atom is -0.379 e. The van der Waals surface area contributed by atoms with Gasteiger partial charge in [0.1, 0.15) is 0 Å². The van der Waals surface area contributed by atoms with Crippen molar-refractivity contribution in [2.45, 2.75) is 6.42 Å². The van der Waals surface area contributed by atoms with Gasteiger partial charge in [0, 0.05) is 13.0 Å². The fraction of sp³-hybridized carbons (Fsp3) is 0.923. The van der Waals surface area contributed by atoms with Gasteiger partial charge >= 0.3 is 0 Å². The van der Waals surface area contributed by atoms with Crippen LogP contribution in [0.15, 0.2) is 0 Å². The molecular formula is C13H28N2O5. The molecule has 0 aliphatic heterocycles. The highest BCUT2D eigenvalue weighted by molar-refractivity contribution is 5.73. The Morgan fingerprint density at radius 2 is 1.20 bits per heavy atom. The Bertz CT molecular complexity index is 227. The van der Waals surface area contributed by atoms with Gasteiger partial charge in [0.15, 0.2) is 0 Å². The van der Waals surface area contributed by atoms with E-state index in [0.29, 0.717) is 46.2 Å². The van der Waals surface area contributed by atoms with Crippen LogP contribution in [-0.2, 0) is 23.7 Å². The summed E-state index contributed by atoms with van der Waals surface area (Å²) in [5.74, 6) is -0.355. The predicted molar refractivity (Wildman–Crippen MR) is 75.6 cm³/mol. The molecule has 0 atom stereocenters. The Morgan fingerprint density at radius 1 is 0.800 bits per heavy atom. The third-order valence-electron chi connectivity index (χ3n) is 2.29. The minimum atomic E-state index is -0.355. The Kier molecular flexibility index (Phi) is 14.1. The molecule has 0 aromatic rings. The summed E-state index contributed by atoms with van der Waals surface area (Å²) in [6, 6.07) is 0. The Labute approximate surface area is 121 Å². The van der Waals surface area contributed by atoms with Crippen molar-refractivity contribution in [3.05, 3.63) is 0 Å². The molecule has 0 fully saturated rings. The molecule has 0 bridgehead atoms. The molecular weight excluding hydrogens is 264 g/mol. The summed E-state index contributed by atoms with van der Waals surface area (Å²) < 4.78 is 21.1. The highest BCUT2D eigenvalue weighted by atomic mass is 16.6. The molecule has 7 nitrogen and oxygen atoms in total. The zero-order valence-electron chi connectivity index (χ0n) is 12.6. The van der Waals surface area contributed by atoms with E-state index in [0.717, 1.165) is 13.2 Å². The number of likely N-dealkylation sites (N-methyl/N-ethyl adjacent to an activating group) is 1. The SMILES string of the molecule is CN(C)CCOCCOCCOCCOCCC(N)=O. The van der Waals surface area contributed by atoms with E-state index >= 15 is 0 Å². The van der Waals surface area contributed by atoms with Gasteiger partial charge in [-0.1, -0.05) is 0 Å². The zero-order valence-corrected chi connectivity index (χ0v) is 12.6. The highest BCUT2D eigenvalue weighted by Crippen LogP contribution is 1.85. The number of hydrogen-bond donors (Lipinski definition) is 1. The van der Waals surface area contributed by atoms with Crippen LogP contribution in [-0.4, -0.2) is 84.3 Å². The minimum absolute atomic E-state index is 0.247. The third kappa shape index (κ3) is 17.3. The topological polar surface area (TPSA) is 83.2 Å². The van der Waals surface area contributed by atoms with Crippen molar-refractivity contribution < 1.29 is 23.7 Å². The van der Waals surface area contributed by atoms with E-state index in [1.54, 1.807) is 0 Å². The molecule has 0 rings (SSSR count). The van der Waals surface area contributed by atoms with Crippen molar-refractivity contribution in [3.8, 4) is 0 Å². The molecule has 20 heavy (non-hydrogen) atoms. The molecule has 0 saturated carbocycles. The highest BCUT2D eigenvalue weighted by Gasteiger charge is 1.95.